The summed E-state index contributed by atoms with van der Waals surface area (Å²) in [4.78, 5) is 0. The average molecular weight is 163 g/mol. The number of hydrogen-bond acceptors (Lipinski definition) is 1. The first kappa shape index (κ1) is 8.76. The molecule has 1 aromatic rings. The summed E-state index contributed by atoms with van der Waals surface area (Å²) in [7, 11) is 0. The Morgan fingerprint density at radius 2 is 2.00 bits per heavy atom. The fourth-order valence-corrected chi connectivity index (χ4v) is 0.955. The zero-order valence-corrected chi connectivity index (χ0v) is 6.63. The summed E-state index contributed by atoms with van der Waals surface area (Å²) in [6.07, 6.45) is 5.57. The van der Waals surface area contributed by atoms with Gasteiger partial charge in [-0.1, -0.05) is 12.1 Å². The summed E-state index contributed by atoms with van der Waals surface area (Å²) < 4.78 is 12.5. The van der Waals surface area contributed by atoms with Crippen LogP contribution in [0.1, 0.15) is 18.0 Å². The smallest absolute Gasteiger partial charge is 0.123 e. The minimum atomic E-state index is -0.258. The van der Waals surface area contributed by atoms with E-state index in [1.807, 2.05) is 0 Å². The number of terminal acetylenes is 1. The average Bonchev–Trinajstić information content (AvgIpc) is 2.06. The Labute approximate surface area is 71.4 Å². The highest BCUT2D eigenvalue weighted by molar-refractivity contribution is 5.20. The molecular formula is C10H10FN. The SMILES string of the molecule is C#CC[C@H](N)c1ccc(F)cc1. The second-order valence-electron chi connectivity index (χ2n) is 2.57. The zero-order chi connectivity index (χ0) is 8.97. The molecule has 2 heteroatoms. The van der Waals surface area contributed by atoms with Crippen molar-refractivity contribution in [3.05, 3.63) is 35.6 Å². The molecule has 12 heavy (non-hydrogen) atoms. The van der Waals surface area contributed by atoms with Crippen LogP contribution in [0.15, 0.2) is 24.3 Å². The first-order valence-electron chi connectivity index (χ1n) is 3.68. The Morgan fingerprint density at radius 3 is 2.50 bits per heavy atom. The van der Waals surface area contributed by atoms with Crippen LogP contribution >= 0.6 is 0 Å². The minimum Gasteiger partial charge on any atom is -0.323 e. The molecule has 0 saturated heterocycles. The standard InChI is InChI=1S/C10H10FN/c1-2-3-10(12)8-4-6-9(11)7-5-8/h1,4-7,10H,3,12H2/t10-/m0/s1. The van der Waals surface area contributed by atoms with Gasteiger partial charge in [0.05, 0.1) is 0 Å². The van der Waals surface area contributed by atoms with E-state index in [1.165, 1.54) is 12.1 Å². The summed E-state index contributed by atoms with van der Waals surface area (Å²) in [6.45, 7) is 0. The maximum atomic E-state index is 12.5. The lowest BCUT2D eigenvalue weighted by Gasteiger charge is -2.07. The number of hydrogen-bond donors (Lipinski definition) is 1. The third-order valence-corrected chi connectivity index (χ3v) is 1.64. The third kappa shape index (κ3) is 2.08. The Balaban J connectivity index is 2.76. The zero-order valence-electron chi connectivity index (χ0n) is 6.63. The van der Waals surface area contributed by atoms with Crippen molar-refractivity contribution in [1.29, 1.82) is 0 Å². The summed E-state index contributed by atoms with van der Waals surface area (Å²) in [5.74, 6) is 2.20. The van der Waals surface area contributed by atoms with E-state index in [4.69, 9.17) is 12.2 Å². The molecule has 0 heterocycles. The van der Waals surface area contributed by atoms with Crippen molar-refractivity contribution < 1.29 is 4.39 Å². The maximum absolute atomic E-state index is 12.5. The van der Waals surface area contributed by atoms with Gasteiger partial charge in [-0.25, -0.2) is 4.39 Å². The first-order chi connectivity index (χ1) is 5.74. The van der Waals surface area contributed by atoms with Gasteiger partial charge in [0.25, 0.3) is 0 Å². The highest BCUT2D eigenvalue weighted by atomic mass is 19.1. The van der Waals surface area contributed by atoms with E-state index in [1.54, 1.807) is 12.1 Å². The third-order valence-electron chi connectivity index (χ3n) is 1.64. The topological polar surface area (TPSA) is 26.0 Å². The van der Waals surface area contributed by atoms with Crippen molar-refractivity contribution in [3.63, 3.8) is 0 Å². The van der Waals surface area contributed by atoms with Gasteiger partial charge in [-0.05, 0) is 17.7 Å². The molecule has 0 aromatic heterocycles. The van der Waals surface area contributed by atoms with E-state index in [0.29, 0.717) is 6.42 Å². The van der Waals surface area contributed by atoms with Gasteiger partial charge in [0.2, 0.25) is 0 Å². The Bertz CT molecular complexity index is 284. The molecule has 0 unspecified atom stereocenters. The van der Waals surface area contributed by atoms with Crippen LogP contribution in [0.3, 0.4) is 0 Å². The molecule has 1 atom stereocenters. The lowest BCUT2D eigenvalue weighted by atomic mass is 10.1. The summed E-state index contributed by atoms with van der Waals surface area (Å²) in [5, 5.41) is 0. The Kier molecular flexibility index (Phi) is 2.84. The maximum Gasteiger partial charge on any atom is 0.123 e. The van der Waals surface area contributed by atoms with Gasteiger partial charge in [0.15, 0.2) is 0 Å². The van der Waals surface area contributed by atoms with Gasteiger partial charge in [-0.2, -0.15) is 0 Å². The molecule has 0 aliphatic carbocycles. The lowest BCUT2D eigenvalue weighted by Crippen LogP contribution is -2.08. The molecule has 1 rings (SSSR count). The molecule has 0 aliphatic rings. The van der Waals surface area contributed by atoms with Crippen LogP contribution in [0, 0.1) is 18.2 Å². The van der Waals surface area contributed by atoms with E-state index in [2.05, 4.69) is 5.92 Å². The van der Waals surface area contributed by atoms with Crippen molar-refractivity contribution in [2.24, 2.45) is 5.73 Å². The van der Waals surface area contributed by atoms with Gasteiger partial charge in [-0.3, -0.25) is 0 Å². The van der Waals surface area contributed by atoms with Gasteiger partial charge in [-0.15, -0.1) is 12.3 Å². The normalized spacial score (nSPS) is 12.1. The molecule has 1 nitrogen and oxygen atoms in total. The molecule has 0 bridgehead atoms. The van der Waals surface area contributed by atoms with E-state index in [-0.39, 0.29) is 11.9 Å². The largest absolute Gasteiger partial charge is 0.323 e. The molecular weight excluding hydrogens is 153 g/mol. The second kappa shape index (κ2) is 3.89. The molecule has 2 N–H and O–H groups in total. The highest BCUT2D eigenvalue weighted by Crippen LogP contribution is 2.13. The van der Waals surface area contributed by atoms with Crippen LogP contribution in [0.25, 0.3) is 0 Å². The lowest BCUT2D eigenvalue weighted by molar-refractivity contribution is 0.625. The molecule has 0 spiro atoms. The molecule has 0 saturated carbocycles. The molecule has 0 amide bonds. The van der Waals surface area contributed by atoms with Gasteiger partial charge in [0.1, 0.15) is 5.82 Å². The molecule has 1 aromatic carbocycles. The monoisotopic (exact) mass is 163 g/mol. The van der Waals surface area contributed by atoms with Crippen LogP contribution in [0.2, 0.25) is 0 Å². The quantitative estimate of drug-likeness (QED) is 0.661. The first-order valence-corrected chi connectivity index (χ1v) is 3.68. The van der Waals surface area contributed by atoms with Crippen molar-refractivity contribution in [3.8, 4) is 12.3 Å². The van der Waals surface area contributed by atoms with E-state index in [9.17, 15) is 4.39 Å². The number of halogens is 1. The molecule has 0 aliphatic heterocycles. The van der Waals surface area contributed by atoms with Crippen molar-refractivity contribution >= 4 is 0 Å². The fourth-order valence-electron chi connectivity index (χ4n) is 0.955. The van der Waals surface area contributed by atoms with Crippen LogP contribution in [0.4, 0.5) is 4.39 Å². The van der Waals surface area contributed by atoms with Crippen molar-refractivity contribution in [1.82, 2.24) is 0 Å². The van der Waals surface area contributed by atoms with Crippen LogP contribution in [-0.4, -0.2) is 0 Å². The van der Waals surface area contributed by atoms with Crippen LogP contribution < -0.4 is 5.73 Å². The second-order valence-corrected chi connectivity index (χ2v) is 2.57. The number of benzene rings is 1. The van der Waals surface area contributed by atoms with Crippen molar-refractivity contribution in [2.75, 3.05) is 0 Å². The van der Waals surface area contributed by atoms with Gasteiger partial charge >= 0.3 is 0 Å². The van der Waals surface area contributed by atoms with E-state index in [0.717, 1.165) is 5.56 Å². The molecule has 62 valence electrons. The fraction of sp³-hybridized carbons (Fsp3) is 0.200. The predicted octanol–water partition coefficient (Wildman–Crippen LogP) is 1.85. The van der Waals surface area contributed by atoms with Gasteiger partial charge in [0, 0.05) is 12.5 Å². The number of rotatable bonds is 2. The number of nitrogens with two attached hydrogens (primary N) is 1. The summed E-state index contributed by atoms with van der Waals surface area (Å²) in [6, 6.07) is 5.88. The highest BCUT2D eigenvalue weighted by Gasteiger charge is 2.02. The van der Waals surface area contributed by atoms with Crippen molar-refractivity contribution in [2.45, 2.75) is 12.5 Å². The van der Waals surface area contributed by atoms with E-state index >= 15 is 0 Å². The van der Waals surface area contributed by atoms with Crippen LogP contribution in [-0.2, 0) is 0 Å². The summed E-state index contributed by atoms with van der Waals surface area (Å²) >= 11 is 0. The Morgan fingerprint density at radius 1 is 1.42 bits per heavy atom. The predicted molar refractivity (Wildman–Crippen MR) is 46.8 cm³/mol. The van der Waals surface area contributed by atoms with Gasteiger partial charge < -0.3 is 5.73 Å². The van der Waals surface area contributed by atoms with Crippen LogP contribution in [0.5, 0.6) is 0 Å². The molecule has 0 fully saturated rings. The van der Waals surface area contributed by atoms with E-state index < -0.39 is 0 Å². The Hall–Kier alpha value is -1.33. The molecule has 0 radical (unpaired) electrons. The summed E-state index contributed by atoms with van der Waals surface area (Å²) in [5.41, 5.74) is 6.56. The minimum absolute atomic E-state index is 0.185.